The van der Waals surface area contributed by atoms with Crippen molar-refractivity contribution >= 4 is 5.71 Å². The Labute approximate surface area is 170 Å². The van der Waals surface area contributed by atoms with E-state index in [0.29, 0.717) is 0 Å². The van der Waals surface area contributed by atoms with E-state index in [1.165, 1.54) is 0 Å². The lowest BCUT2D eigenvalue weighted by molar-refractivity contribution is -0.0191. The van der Waals surface area contributed by atoms with E-state index in [1.807, 2.05) is 54.6 Å². The molecule has 0 amide bonds. The fourth-order valence-corrected chi connectivity index (χ4v) is 3.99. The summed E-state index contributed by atoms with van der Waals surface area (Å²) in [5, 5.41) is 7.06. The van der Waals surface area contributed by atoms with Gasteiger partial charge in [0, 0.05) is 17.5 Å². The lowest BCUT2D eigenvalue weighted by Crippen LogP contribution is -2.33. The molecule has 0 spiro atoms. The van der Waals surface area contributed by atoms with Crippen LogP contribution in [0.3, 0.4) is 0 Å². The highest BCUT2D eigenvalue weighted by molar-refractivity contribution is 6.01. The van der Waals surface area contributed by atoms with Crippen LogP contribution in [0.4, 0.5) is 0 Å². The summed E-state index contributed by atoms with van der Waals surface area (Å²) >= 11 is 0. The van der Waals surface area contributed by atoms with Crippen molar-refractivity contribution < 1.29 is 14.2 Å². The third kappa shape index (κ3) is 3.09. The third-order valence-electron chi connectivity index (χ3n) is 5.50. The smallest absolute Gasteiger partial charge is 0.213 e. The molecule has 0 N–H and O–H groups in total. The maximum Gasteiger partial charge on any atom is 0.213 e. The number of rotatable bonds is 4. The Morgan fingerprint density at radius 1 is 0.897 bits per heavy atom. The zero-order valence-corrected chi connectivity index (χ0v) is 16.4. The van der Waals surface area contributed by atoms with Crippen LogP contribution in [0, 0.1) is 0 Å². The molecule has 5 heteroatoms. The van der Waals surface area contributed by atoms with Gasteiger partial charge < -0.3 is 14.2 Å². The first kappa shape index (κ1) is 17.6. The first-order chi connectivity index (χ1) is 14.3. The Kier molecular flexibility index (Phi) is 4.35. The van der Waals surface area contributed by atoms with Crippen molar-refractivity contribution in [2.75, 3.05) is 14.2 Å². The van der Waals surface area contributed by atoms with Crippen molar-refractivity contribution in [2.45, 2.75) is 18.7 Å². The summed E-state index contributed by atoms with van der Waals surface area (Å²) < 4.78 is 17.2. The molecule has 2 atom stereocenters. The molecular formula is C24H22N2O3. The SMILES string of the molecule is COc1ccc([C@@H]2Oc3ccc(OC)cc3[C@H]3CC(c4ccccc4)=NN32)cc1. The van der Waals surface area contributed by atoms with Gasteiger partial charge in [-0.05, 0) is 48.0 Å². The van der Waals surface area contributed by atoms with Gasteiger partial charge in [-0.2, -0.15) is 5.10 Å². The van der Waals surface area contributed by atoms with Crippen molar-refractivity contribution in [3.8, 4) is 17.2 Å². The fourth-order valence-electron chi connectivity index (χ4n) is 3.99. The van der Waals surface area contributed by atoms with Crippen molar-refractivity contribution in [3.63, 3.8) is 0 Å². The maximum absolute atomic E-state index is 6.41. The average molecular weight is 386 g/mol. The molecule has 5 nitrogen and oxygen atoms in total. The third-order valence-corrected chi connectivity index (χ3v) is 5.50. The Morgan fingerprint density at radius 2 is 1.62 bits per heavy atom. The number of hydrogen-bond donors (Lipinski definition) is 0. The van der Waals surface area contributed by atoms with Crippen LogP contribution < -0.4 is 14.2 Å². The molecular weight excluding hydrogens is 364 g/mol. The number of methoxy groups -OCH3 is 2. The average Bonchev–Trinajstić information content (AvgIpc) is 3.25. The fraction of sp³-hybridized carbons (Fsp3) is 0.208. The van der Waals surface area contributed by atoms with E-state index >= 15 is 0 Å². The van der Waals surface area contributed by atoms with Crippen LogP contribution in [0.1, 0.15) is 35.4 Å². The Hall–Kier alpha value is -3.47. The van der Waals surface area contributed by atoms with Gasteiger partial charge in [-0.25, -0.2) is 5.01 Å². The molecule has 0 aliphatic carbocycles. The lowest BCUT2D eigenvalue weighted by Gasteiger charge is -2.38. The summed E-state index contributed by atoms with van der Waals surface area (Å²) in [6, 6.07) is 24.4. The van der Waals surface area contributed by atoms with E-state index in [-0.39, 0.29) is 12.3 Å². The summed E-state index contributed by atoms with van der Waals surface area (Å²) in [4.78, 5) is 0. The van der Waals surface area contributed by atoms with Gasteiger partial charge in [0.1, 0.15) is 17.2 Å². The molecule has 3 aromatic rings. The maximum atomic E-state index is 6.41. The molecule has 3 aromatic carbocycles. The monoisotopic (exact) mass is 386 g/mol. The highest BCUT2D eigenvalue weighted by atomic mass is 16.5. The molecule has 2 aliphatic heterocycles. The Morgan fingerprint density at radius 3 is 2.34 bits per heavy atom. The summed E-state index contributed by atoms with van der Waals surface area (Å²) in [6.45, 7) is 0. The summed E-state index contributed by atoms with van der Waals surface area (Å²) in [5.74, 6) is 2.52. The first-order valence-electron chi connectivity index (χ1n) is 9.66. The number of fused-ring (bicyclic) bond motifs is 3. The molecule has 0 aromatic heterocycles. The molecule has 0 unspecified atom stereocenters. The van der Waals surface area contributed by atoms with Crippen LogP contribution in [-0.4, -0.2) is 24.9 Å². The molecule has 5 rings (SSSR count). The molecule has 0 fully saturated rings. The van der Waals surface area contributed by atoms with Crippen LogP contribution >= 0.6 is 0 Å². The summed E-state index contributed by atoms with van der Waals surface area (Å²) in [7, 11) is 3.35. The lowest BCUT2D eigenvalue weighted by atomic mass is 9.95. The molecule has 0 saturated carbocycles. The molecule has 0 saturated heterocycles. The molecule has 2 heterocycles. The molecule has 29 heavy (non-hydrogen) atoms. The highest BCUT2D eigenvalue weighted by Crippen LogP contribution is 2.48. The predicted octanol–water partition coefficient (Wildman–Crippen LogP) is 4.95. The van der Waals surface area contributed by atoms with Crippen molar-refractivity contribution in [3.05, 3.63) is 89.5 Å². The Bertz CT molecular complexity index is 1050. The molecule has 2 aliphatic rings. The topological polar surface area (TPSA) is 43.3 Å². The van der Waals surface area contributed by atoms with Gasteiger partial charge in [0.15, 0.2) is 0 Å². The van der Waals surface area contributed by atoms with Gasteiger partial charge in [0.25, 0.3) is 0 Å². The van der Waals surface area contributed by atoms with Gasteiger partial charge in [-0.15, -0.1) is 0 Å². The molecule has 146 valence electrons. The number of hydrazone groups is 1. The van der Waals surface area contributed by atoms with E-state index in [9.17, 15) is 0 Å². The largest absolute Gasteiger partial charge is 0.497 e. The van der Waals surface area contributed by atoms with Gasteiger partial charge in [-0.1, -0.05) is 30.3 Å². The van der Waals surface area contributed by atoms with Gasteiger partial charge >= 0.3 is 0 Å². The minimum Gasteiger partial charge on any atom is -0.497 e. The van der Waals surface area contributed by atoms with E-state index < -0.39 is 0 Å². The van der Waals surface area contributed by atoms with E-state index in [0.717, 1.165) is 46.1 Å². The zero-order valence-electron chi connectivity index (χ0n) is 16.4. The van der Waals surface area contributed by atoms with Gasteiger partial charge in [0.05, 0.1) is 26.0 Å². The minimum absolute atomic E-state index is 0.0937. The second-order valence-corrected chi connectivity index (χ2v) is 7.16. The van der Waals surface area contributed by atoms with E-state index in [2.05, 4.69) is 23.2 Å². The molecule has 0 bridgehead atoms. The number of ether oxygens (including phenoxy) is 3. The van der Waals surface area contributed by atoms with E-state index in [1.54, 1.807) is 14.2 Å². The number of hydrogen-bond acceptors (Lipinski definition) is 5. The van der Waals surface area contributed by atoms with Crippen molar-refractivity contribution in [1.82, 2.24) is 5.01 Å². The Balaban J connectivity index is 1.58. The van der Waals surface area contributed by atoms with Crippen LogP contribution in [-0.2, 0) is 0 Å². The second-order valence-electron chi connectivity index (χ2n) is 7.16. The highest BCUT2D eigenvalue weighted by Gasteiger charge is 2.41. The molecule has 0 radical (unpaired) electrons. The normalized spacial score (nSPS) is 19.7. The van der Waals surface area contributed by atoms with Crippen LogP contribution in [0.2, 0.25) is 0 Å². The number of benzene rings is 3. The predicted molar refractivity (Wildman–Crippen MR) is 112 cm³/mol. The van der Waals surface area contributed by atoms with Crippen LogP contribution in [0.5, 0.6) is 17.2 Å². The minimum atomic E-state index is -0.298. The van der Waals surface area contributed by atoms with Crippen LogP contribution in [0.25, 0.3) is 0 Å². The standard InChI is InChI=1S/C24H22N2O3/c1-27-18-10-8-17(9-11-18)24-26-22(15-21(25-26)16-6-4-3-5-7-16)20-14-19(28-2)12-13-23(20)29-24/h3-14,22,24H,15H2,1-2H3/t22-,24+/m1/s1. The summed E-state index contributed by atoms with van der Waals surface area (Å²) in [6.07, 6.45) is 0.522. The van der Waals surface area contributed by atoms with Crippen molar-refractivity contribution in [1.29, 1.82) is 0 Å². The second kappa shape index (κ2) is 7.17. The van der Waals surface area contributed by atoms with Gasteiger partial charge in [-0.3, -0.25) is 0 Å². The van der Waals surface area contributed by atoms with E-state index in [4.69, 9.17) is 19.3 Å². The first-order valence-corrected chi connectivity index (χ1v) is 9.66. The number of nitrogens with zero attached hydrogens (tertiary/aromatic N) is 2. The zero-order chi connectivity index (χ0) is 19.8. The van der Waals surface area contributed by atoms with Crippen LogP contribution in [0.15, 0.2) is 77.9 Å². The summed E-state index contributed by atoms with van der Waals surface area (Å²) in [5.41, 5.74) is 4.34. The quantitative estimate of drug-likeness (QED) is 0.637. The van der Waals surface area contributed by atoms with Crippen molar-refractivity contribution in [2.24, 2.45) is 5.10 Å². The van der Waals surface area contributed by atoms with Gasteiger partial charge in [0.2, 0.25) is 6.23 Å².